The first kappa shape index (κ1) is 13.4. The van der Waals surface area contributed by atoms with Gasteiger partial charge in [0.1, 0.15) is 0 Å². The second-order valence-electron chi connectivity index (χ2n) is 4.25. The van der Waals surface area contributed by atoms with Gasteiger partial charge >= 0.3 is 0 Å². The Hall–Kier alpha value is -1.000. The van der Waals surface area contributed by atoms with E-state index in [0.717, 1.165) is 22.4 Å². The van der Waals surface area contributed by atoms with Crippen LogP contribution in [0, 0.1) is 13.8 Å². The van der Waals surface area contributed by atoms with Crippen molar-refractivity contribution in [2.24, 2.45) is 7.05 Å². The van der Waals surface area contributed by atoms with E-state index in [2.05, 4.69) is 33.3 Å². The average molecular weight is 329 g/mol. The molecule has 0 atom stereocenters. The second-order valence-corrected chi connectivity index (χ2v) is 5.57. The first-order valence-electron chi connectivity index (χ1n) is 5.67. The van der Waals surface area contributed by atoms with Crippen molar-refractivity contribution in [2.45, 2.75) is 20.4 Å². The molecule has 0 aliphatic rings. The highest BCUT2D eigenvalue weighted by molar-refractivity contribution is 9.10. The number of aryl methyl sites for hydroxylation is 2. The maximum atomic E-state index is 6.17. The van der Waals surface area contributed by atoms with Gasteiger partial charge in [0.25, 0.3) is 0 Å². The lowest BCUT2D eigenvalue weighted by Crippen LogP contribution is -2.02. The first-order chi connectivity index (χ1) is 8.49. The molecule has 1 heterocycles. The summed E-state index contributed by atoms with van der Waals surface area (Å²) in [5.74, 6) is 0. The molecule has 0 fully saturated rings. The number of benzene rings is 1. The third kappa shape index (κ3) is 2.70. The van der Waals surface area contributed by atoms with E-state index in [-0.39, 0.29) is 0 Å². The van der Waals surface area contributed by atoms with Gasteiger partial charge in [-0.05, 0) is 32.0 Å². The molecular formula is C13H15BrClN3. The molecule has 1 aromatic carbocycles. The predicted octanol–water partition coefficient (Wildman–Crippen LogP) is 4.06. The molecule has 0 saturated carbocycles. The van der Waals surface area contributed by atoms with Gasteiger partial charge in [-0.1, -0.05) is 27.5 Å². The number of halogens is 2. The van der Waals surface area contributed by atoms with E-state index in [1.807, 2.05) is 36.9 Å². The zero-order valence-electron chi connectivity index (χ0n) is 10.6. The lowest BCUT2D eigenvalue weighted by Gasteiger charge is -2.09. The van der Waals surface area contributed by atoms with Gasteiger partial charge in [-0.2, -0.15) is 5.10 Å². The zero-order chi connectivity index (χ0) is 13.3. The molecule has 1 aromatic heterocycles. The molecule has 0 radical (unpaired) electrons. The van der Waals surface area contributed by atoms with Crippen LogP contribution in [-0.4, -0.2) is 9.78 Å². The van der Waals surface area contributed by atoms with Gasteiger partial charge in [-0.25, -0.2) is 0 Å². The van der Waals surface area contributed by atoms with Crippen molar-refractivity contribution in [3.63, 3.8) is 0 Å². The molecule has 0 aliphatic heterocycles. The number of anilines is 1. The molecule has 2 aromatic rings. The number of hydrogen-bond donors (Lipinski definition) is 1. The van der Waals surface area contributed by atoms with Gasteiger partial charge in [-0.3, -0.25) is 4.68 Å². The Morgan fingerprint density at radius 3 is 2.67 bits per heavy atom. The molecule has 0 saturated heterocycles. The van der Waals surface area contributed by atoms with Crippen LogP contribution in [0.5, 0.6) is 0 Å². The lowest BCUT2D eigenvalue weighted by molar-refractivity contribution is 0.730. The van der Waals surface area contributed by atoms with Crippen LogP contribution < -0.4 is 5.32 Å². The number of nitrogens with one attached hydrogen (secondary N) is 1. The van der Waals surface area contributed by atoms with Crippen LogP contribution >= 0.6 is 27.5 Å². The number of nitrogens with zero attached hydrogens (tertiary/aromatic N) is 2. The second kappa shape index (κ2) is 5.33. The Labute approximate surface area is 120 Å². The van der Waals surface area contributed by atoms with Gasteiger partial charge in [-0.15, -0.1) is 0 Å². The smallest absolute Gasteiger partial charge is 0.0648 e. The Balaban J connectivity index is 2.16. The highest BCUT2D eigenvalue weighted by Gasteiger charge is 2.09. The van der Waals surface area contributed by atoms with Crippen LogP contribution in [0.4, 0.5) is 5.69 Å². The van der Waals surface area contributed by atoms with E-state index in [9.17, 15) is 0 Å². The quantitative estimate of drug-likeness (QED) is 0.920. The predicted molar refractivity (Wildman–Crippen MR) is 79.2 cm³/mol. The highest BCUT2D eigenvalue weighted by atomic mass is 79.9. The summed E-state index contributed by atoms with van der Waals surface area (Å²) in [6, 6.07) is 5.82. The lowest BCUT2D eigenvalue weighted by atomic mass is 10.2. The Morgan fingerprint density at radius 2 is 2.11 bits per heavy atom. The molecule has 0 spiro atoms. The van der Waals surface area contributed by atoms with E-state index in [4.69, 9.17) is 11.6 Å². The molecule has 0 amide bonds. The summed E-state index contributed by atoms with van der Waals surface area (Å²) in [4.78, 5) is 0. The van der Waals surface area contributed by atoms with Crippen LogP contribution in [0.15, 0.2) is 22.7 Å². The van der Waals surface area contributed by atoms with Crippen molar-refractivity contribution in [3.05, 3.63) is 44.6 Å². The minimum Gasteiger partial charge on any atom is -0.380 e. The molecule has 18 heavy (non-hydrogen) atoms. The standard InChI is InChI=1S/C13H15BrClN3/c1-8-11(9(2)18(3)17-8)7-16-13-5-4-10(14)6-12(13)15/h4-6,16H,7H2,1-3H3. The van der Waals surface area contributed by atoms with Crippen molar-refractivity contribution < 1.29 is 0 Å². The van der Waals surface area contributed by atoms with Crippen molar-refractivity contribution in [2.75, 3.05) is 5.32 Å². The average Bonchev–Trinajstić information content (AvgIpc) is 2.53. The maximum Gasteiger partial charge on any atom is 0.0648 e. The molecular weight excluding hydrogens is 314 g/mol. The van der Waals surface area contributed by atoms with E-state index in [1.54, 1.807) is 0 Å². The number of hydrogen-bond acceptors (Lipinski definition) is 2. The fraction of sp³-hybridized carbons (Fsp3) is 0.308. The van der Waals surface area contributed by atoms with Crippen LogP contribution in [0.25, 0.3) is 0 Å². The first-order valence-corrected chi connectivity index (χ1v) is 6.84. The fourth-order valence-corrected chi connectivity index (χ4v) is 2.63. The van der Waals surface area contributed by atoms with Gasteiger partial charge in [0, 0.05) is 29.3 Å². The summed E-state index contributed by atoms with van der Waals surface area (Å²) in [6.07, 6.45) is 0. The molecule has 1 N–H and O–H groups in total. The van der Waals surface area contributed by atoms with E-state index < -0.39 is 0 Å². The summed E-state index contributed by atoms with van der Waals surface area (Å²) in [5, 5.41) is 8.45. The van der Waals surface area contributed by atoms with E-state index in [1.165, 1.54) is 11.3 Å². The largest absolute Gasteiger partial charge is 0.380 e. The summed E-state index contributed by atoms with van der Waals surface area (Å²) in [5.41, 5.74) is 4.38. The zero-order valence-corrected chi connectivity index (χ0v) is 12.9. The minimum atomic E-state index is 0.712. The number of rotatable bonds is 3. The Morgan fingerprint density at radius 1 is 1.39 bits per heavy atom. The normalized spacial score (nSPS) is 10.7. The van der Waals surface area contributed by atoms with E-state index >= 15 is 0 Å². The van der Waals surface area contributed by atoms with Crippen molar-refractivity contribution in [3.8, 4) is 0 Å². The molecule has 96 valence electrons. The Bertz CT molecular complexity index is 578. The van der Waals surface area contributed by atoms with Crippen LogP contribution in [0.2, 0.25) is 5.02 Å². The molecule has 0 unspecified atom stereocenters. The third-order valence-electron chi connectivity index (χ3n) is 3.05. The topological polar surface area (TPSA) is 29.9 Å². The van der Waals surface area contributed by atoms with Crippen LogP contribution in [0.3, 0.4) is 0 Å². The van der Waals surface area contributed by atoms with Gasteiger partial charge in [0.15, 0.2) is 0 Å². The van der Waals surface area contributed by atoms with Crippen molar-refractivity contribution >= 4 is 33.2 Å². The summed E-state index contributed by atoms with van der Waals surface area (Å²) in [6.45, 7) is 4.82. The van der Waals surface area contributed by atoms with E-state index in [0.29, 0.717) is 5.02 Å². The molecule has 0 bridgehead atoms. The van der Waals surface area contributed by atoms with Gasteiger partial charge < -0.3 is 5.32 Å². The van der Waals surface area contributed by atoms with Crippen molar-refractivity contribution in [1.29, 1.82) is 0 Å². The van der Waals surface area contributed by atoms with Gasteiger partial charge in [0.05, 0.1) is 16.4 Å². The summed E-state index contributed by atoms with van der Waals surface area (Å²) >= 11 is 9.56. The van der Waals surface area contributed by atoms with Crippen LogP contribution in [0.1, 0.15) is 17.0 Å². The number of aromatic nitrogens is 2. The van der Waals surface area contributed by atoms with Crippen LogP contribution in [-0.2, 0) is 13.6 Å². The van der Waals surface area contributed by atoms with Gasteiger partial charge in [0.2, 0.25) is 0 Å². The van der Waals surface area contributed by atoms with Crippen molar-refractivity contribution in [1.82, 2.24) is 9.78 Å². The minimum absolute atomic E-state index is 0.712. The highest BCUT2D eigenvalue weighted by Crippen LogP contribution is 2.26. The summed E-state index contributed by atoms with van der Waals surface area (Å²) in [7, 11) is 1.96. The Kier molecular flexibility index (Phi) is 3.97. The maximum absolute atomic E-state index is 6.17. The molecule has 2 rings (SSSR count). The molecule has 5 heteroatoms. The summed E-state index contributed by atoms with van der Waals surface area (Å²) < 4.78 is 2.88. The SMILES string of the molecule is Cc1nn(C)c(C)c1CNc1ccc(Br)cc1Cl. The molecule has 0 aliphatic carbocycles. The fourth-order valence-electron chi connectivity index (χ4n) is 1.89. The molecule has 3 nitrogen and oxygen atoms in total. The third-order valence-corrected chi connectivity index (χ3v) is 3.85. The monoisotopic (exact) mass is 327 g/mol.